The molecule has 1 amide bonds. The Hall–Kier alpha value is -1.85. The van der Waals surface area contributed by atoms with Crippen molar-refractivity contribution < 1.29 is 14.3 Å². The first kappa shape index (κ1) is 13.1. The molecule has 3 rings (SSSR count). The highest BCUT2D eigenvalue weighted by Crippen LogP contribution is 2.23. The molecule has 1 aromatic carbocycles. The van der Waals surface area contributed by atoms with Crippen molar-refractivity contribution in [2.45, 2.75) is 31.5 Å². The van der Waals surface area contributed by atoms with Crippen molar-refractivity contribution in [2.75, 3.05) is 6.54 Å². The number of β-amino-alcohol motifs (C(OH)–C–C–N with tert-alkyl or cyclic N) is 1. The molecule has 1 saturated heterocycles. The van der Waals surface area contributed by atoms with E-state index in [1.54, 1.807) is 0 Å². The molecule has 0 radical (unpaired) electrons. The molecule has 2 heterocycles. The summed E-state index contributed by atoms with van der Waals surface area (Å²) in [6, 6.07) is 9.18. The van der Waals surface area contributed by atoms with E-state index >= 15 is 0 Å². The fraction of sp³-hybridized carbons (Fsp3) is 0.400. The van der Waals surface area contributed by atoms with Crippen molar-refractivity contribution >= 4 is 16.9 Å². The normalized spacial score (nSPS) is 23.9. The Morgan fingerprint density at radius 2 is 2.30 bits per heavy atom. The Morgan fingerprint density at radius 1 is 1.50 bits per heavy atom. The van der Waals surface area contributed by atoms with Gasteiger partial charge in [-0.05, 0) is 25.5 Å². The van der Waals surface area contributed by atoms with Crippen LogP contribution in [0.1, 0.15) is 25.1 Å². The van der Waals surface area contributed by atoms with E-state index in [1.165, 1.54) is 0 Å². The summed E-state index contributed by atoms with van der Waals surface area (Å²) in [4.78, 5) is 12.1. The van der Waals surface area contributed by atoms with E-state index in [9.17, 15) is 9.90 Å². The maximum atomic E-state index is 12.1. The van der Waals surface area contributed by atoms with Crippen LogP contribution < -0.4 is 10.6 Å². The zero-order valence-electron chi connectivity index (χ0n) is 11.3. The number of benzene rings is 1. The van der Waals surface area contributed by atoms with E-state index in [1.807, 2.05) is 37.3 Å². The number of para-hydroxylation sites is 1. The van der Waals surface area contributed by atoms with Gasteiger partial charge in [-0.1, -0.05) is 18.2 Å². The monoisotopic (exact) mass is 274 g/mol. The average molecular weight is 274 g/mol. The number of carbonyl (C=O) groups excluding carboxylic acids is 1. The van der Waals surface area contributed by atoms with Crippen LogP contribution in [-0.4, -0.2) is 29.7 Å². The molecule has 0 spiro atoms. The standard InChI is InChI=1S/C15H18N2O3/c1-9(17-15(19)12-7-11(18)8-16-12)14-6-10-4-2-3-5-13(10)20-14/h2-6,9,11-12,16,18H,7-8H2,1H3,(H,17,19)/t9-,11-,12+/m0/s1. The molecular formula is C15H18N2O3. The molecule has 0 bridgehead atoms. The molecule has 5 heteroatoms. The molecular weight excluding hydrogens is 256 g/mol. The fourth-order valence-corrected chi connectivity index (χ4v) is 2.52. The van der Waals surface area contributed by atoms with Gasteiger partial charge in [-0.2, -0.15) is 0 Å². The lowest BCUT2D eigenvalue weighted by Crippen LogP contribution is -2.41. The number of furan rings is 1. The lowest BCUT2D eigenvalue weighted by molar-refractivity contribution is -0.123. The summed E-state index contributed by atoms with van der Waals surface area (Å²) in [5.74, 6) is 0.632. The van der Waals surface area contributed by atoms with Gasteiger partial charge in [-0.3, -0.25) is 4.79 Å². The van der Waals surface area contributed by atoms with Gasteiger partial charge in [0.2, 0.25) is 5.91 Å². The van der Waals surface area contributed by atoms with Crippen molar-refractivity contribution in [3.63, 3.8) is 0 Å². The molecule has 1 aliphatic rings. The summed E-state index contributed by atoms with van der Waals surface area (Å²) in [5.41, 5.74) is 0.818. The van der Waals surface area contributed by atoms with Crippen molar-refractivity contribution in [1.29, 1.82) is 0 Å². The van der Waals surface area contributed by atoms with E-state index in [2.05, 4.69) is 10.6 Å². The molecule has 3 atom stereocenters. The van der Waals surface area contributed by atoms with Gasteiger partial charge in [-0.15, -0.1) is 0 Å². The van der Waals surface area contributed by atoms with Crippen LogP contribution in [-0.2, 0) is 4.79 Å². The van der Waals surface area contributed by atoms with E-state index in [0.717, 1.165) is 16.7 Å². The predicted molar refractivity (Wildman–Crippen MR) is 75.2 cm³/mol. The minimum Gasteiger partial charge on any atom is -0.459 e. The SMILES string of the molecule is C[C@H](NC(=O)[C@H]1C[C@H](O)CN1)c1cc2ccccc2o1. The van der Waals surface area contributed by atoms with Crippen LogP contribution in [0.5, 0.6) is 0 Å². The van der Waals surface area contributed by atoms with Gasteiger partial charge < -0.3 is 20.2 Å². The van der Waals surface area contributed by atoms with Crippen LogP contribution >= 0.6 is 0 Å². The Kier molecular flexibility index (Phi) is 3.46. The molecule has 0 unspecified atom stereocenters. The lowest BCUT2D eigenvalue weighted by atomic mass is 10.1. The Bertz CT molecular complexity index is 589. The Morgan fingerprint density at radius 3 is 3.00 bits per heavy atom. The molecule has 1 aliphatic heterocycles. The van der Waals surface area contributed by atoms with Gasteiger partial charge >= 0.3 is 0 Å². The third-order valence-electron chi connectivity index (χ3n) is 3.65. The summed E-state index contributed by atoms with van der Waals surface area (Å²) in [6.45, 7) is 2.36. The minimum atomic E-state index is -0.438. The number of hydrogen-bond acceptors (Lipinski definition) is 4. The third-order valence-corrected chi connectivity index (χ3v) is 3.65. The molecule has 3 N–H and O–H groups in total. The van der Waals surface area contributed by atoms with Crippen LogP contribution in [0.3, 0.4) is 0 Å². The highest BCUT2D eigenvalue weighted by molar-refractivity contribution is 5.83. The molecule has 1 aromatic heterocycles. The Balaban J connectivity index is 1.69. The second-order valence-electron chi connectivity index (χ2n) is 5.27. The molecule has 20 heavy (non-hydrogen) atoms. The smallest absolute Gasteiger partial charge is 0.237 e. The van der Waals surface area contributed by atoms with Gasteiger partial charge in [0.05, 0.1) is 18.2 Å². The topological polar surface area (TPSA) is 74.5 Å². The van der Waals surface area contributed by atoms with E-state index in [4.69, 9.17) is 4.42 Å². The first-order valence-corrected chi connectivity index (χ1v) is 6.84. The van der Waals surface area contributed by atoms with Crippen LogP contribution in [0.4, 0.5) is 0 Å². The highest BCUT2D eigenvalue weighted by atomic mass is 16.3. The van der Waals surface area contributed by atoms with Gasteiger partial charge in [0.25, 0.3) is 0 Å². The van der Waals surface area contributed by atoms with Gasteiger partial charge in [-0.25, -0.2) is 0 Å². The number of aliphatic hydroxyl groups excluding tert-OH is 1. The van der Waals surface area contributed by atoms with E-state index < -0.39 is 6.10 Å². The zero-order valence-corrected chi connectivity index (χ0v) is 11.3. The molecule has 0 aliphatic carbocycles. The summed E-state index contributed by atoms with van der Waals surface area (Å²) in [5, 5.41) is 16.4. The number of rotatable bonds is 3. The minimum absolute atomic E-state index is 0.102. The number of aliphatic hydroxyl groups is 1. The summed E-state index contributed by atoms with van der Waals surface area (Å²) in [7, 11) is 0. The lowest BCUT2D eigenvalue weighted by Gasteiger charge is -2.15. The fourth-order valence-electron chi connectivity index (χ4n) is 2.52. The molecule has 0 saturated carbocycles. The maximum absolute atomic E-state index is 12.1. The number of carbonyl (C=O) groups is 1. The molecule has 1 fully saturated rings. The van der Waals surface area contributed by atoms with E-state index in [-0.39, 0.29) is 18.0 Å². The van der Waals surface area contributed by atoms with Crippen LogP contribution in [0.2, 0.25) is 0 Å². The Labute approximate surface area is 117 Å². The second kappa shape index (κ2) is 5.26. The van der Waals surface area contributed by atoms with Gasteiger partial charge in [0.1, 0.15) is 11.3 Å². The summed E-state index contributed by atoms with van der Waals surface area (Å²) in [6.07, 6.45) is 0.0193. The largest absolute Gasteiger partial charge is 0.459 e. The molecule has 106 valence electrons. The summed E-state index contributed by atoms with van der Waals surface area (Å²) >= 11 is 0. The van der Waals surface area contributed by atoms with E-state index in [0.29, 0.717) is 13.0 Å². The first-order chi connectivity index (χ1) is 9.63. The average Bonchev–Trinajstić information content (AvgIpc) is 3.04. The van der Waals surface area contributed by atoms with Gasteiger partial charge in [0, 0.05) is 11.9 Å². The van der Waals surface area contributed by atoms with Crippen molar-refractivity contribution in [1.82, 2.24) is 10.6 Å². The van der Waals surface area contributed by atoms with Crippen LogP contribution in [0.15, 0.2) is 34.7 Å². The van der Waals surface area contributed by atoms with Crippen molar-refractivity contribution in [2.24, 2.45) is 0 Å². The maximum Gasteiger partial charge on any atom is 0.237 e. The van der Waals surface area contributed by atoms with Crippen molar-refractivity contribution in [3.8, 4) is 0 Å². The van der Waals surface area contributed by atoms with Crippen molar-refractivity contribution in [3.05, 3.63) is 36.1 Å². The van der Waals surface area contributed by atoms with Crippen LogP contribution in [0.25, 0.3) is 11.0 Å². The highest BCUT2D eigenvalue weighted by Gasteiger charge is 2.29. The number of nitrogens with one attached hydrogen (secondary N) is 2. The number of amides is 1. The molecule has 5 nitrogen and oxygen atoms in total. The first-order valence-electron chi connectivity index (χ1n) is 6.84. The van der Waals surface area contributed by atoms with Gasteiger partial charge in [0.15, 0.2) is 0 Å². The third kappa shape index (κ3) is 2.55. The predicted octanol–water partition coefficient (Wildman–Crippen LogP) is 1.33. The number of hydrogen-bond donors (Lipinski definition) is 3. The number of fused-ring (bicyclic) bond motifs is 1. The van der Waals surface area contributed by atoms with Crippen LogP contribution in [0, 0.1) is 0 Å². The quantitative estimate of drug-likeness (QED) is 0.789. The molecule has 2 aromatic rings. The summed E-state index contributed by atoms with van der Waals surface area (Å²) < 4.78 is 5.73. The zero-order chi connectivity index (χ0) is 14.1. The second-order valence-corrected chi connectivity index (χ2v) is 5.27.